The number of halogens is 2. The predicted octanol–water partition coefficient (Wildman–Crippen LogP) is 4.36. The van der Waals surface area contributed by atoms with Crippen molar-refractivity contribution in [2.75, 3.05) is 5.43 Å². The number of nitrogens with one attached hydrogen (secondary N) is 1. The summed E-state index contributed by atoms with van der Waals surface area (Å²) in [6.07, 6.45) is 2.13. The average Bonchev–Trinajstić information content (AvgIpc) is 3.21. The van der Waals surface area contributed by atoms with Gasteiger partial charge in [0.1, 0.15) is 5.52 Å². The van der Waals surface area contributed by atoms with Gasteiger partial charge in [-0.05, 0) is 54.4 Å². The number of nitrogens with zero attached hydrogens (tertiary/aromatic N) is 5. The molecule has 2 aromatic carbocycles. The molecule has 0 radical (unpaired) electrons. The molecule has 33 heavy (non-hydrogen) atoms. The first-order chi connectivity index (χ1) is 16.0. The number of hydrogen-bond acceptors (Lipinski definition) is 5. The van der Waals surface area contributed by atoms with Crippen LogP contribution in [0.4, 0.5) is 0 Å². The van der Waals surface area contributed by atoms with E-state index in [0.29, 0.717) is 33.2 Å². The van der Waals surface area contributed by atoms with E-state index < -0.39 is 11.5 Å². The van der Waals surface area contributed by atoms with Crippen molar-refractivity contribution >= 4 is 45.8 Å². The fourth-order valence-corrected chi connectivity index (χ4v) is 3.87. The molecule has 5 aromatic rings. The van der Waals surface area contributed by atoms with E-state index in [1.807, 2.05) is 19.1 Å². The number of aryl methyl sites for hydroxylation is 1. The number of carbonyl (C=O) groups excluding carboxylic acids is 1. The average molecular weight is 479 g/mol. The number of pyridine rings is 1. The van der Waals surface area contributed by atoms with E-state index in [2.05, 4.69) is 20.7 Å². The van der Waals surface area contributed by atoms with Gasteiger partial charge < -0.3 is 0 Å². The minimum absolute atomic E-state index is 0.0780. The Morgan fingerprint density at radius 1 is 0.970 bits per heavy atom. The third-order valence-corrected chi connectivity index (χ3v) is 5.75. The third-order valence-electron chi connectivity index (χ3n) is 5.25. The molecule has 3 heterocycles. The molecule has 164 valence electrons. The molecular formula is C23H16Cl2N6O2. The Morgan fingerprint density at radius 2 is 1.64 bits per heavy atom. The summed E-state index contributed by atoms with van der Waals surface area (Å²) < 4.78 is 2.68. The maximum Gasteiger partial charge on any atom is 0.299 e. The Balaban J connectivity index is 1.61. The second-order valence-corrected chi connectivity index (χ2v) is 8.16. The van der Waals surface area contributed by atoms with Gasteiger partial charge >= 0.3 is 0 Å². The quantitative estimate of drug-likeness (QED) is 0.414. The van der Waals surface area contributed by atoms with Gasteiger partial charge in [0.05, 0.1) is 11.3 Å². The zero-order chi connectivity index (χ0) is 23.1. The van der Waals surface area contributed by atoms with Gasteiger partial charge in [-0.3, -0.25) is 15.0 Å². The third kappa shape index (κ3) is 3.73. The number of aromatic nitrogens is 5. The molecule has 1 N–H and O–H groups in total. The fourth-order valence-electron chi connectivity index (χ4n) is 3.61. The summed E-state index contributed by atoms with van der Waals surface area (Å²) in [6.45, 7) is 2.00. The van der Waals surface area contributed by atoms with Gasteiger partial charge in [-0.25, -0.2) is 9.19 Å². The molecule has 0 aliphatic heterocycles. The largest absolute Gasteiger partial charge is 0.299 e. The summed E-state index contributed by atoms with van der Waals surface area (Å²) in [5.41, 5.74) is 6.05. The van der Waals surface area contributed by atoms with Gasteiger partial charge in [-0.1, -0.05) is 42.3 Å². The lowest BCUT2D eigenvalue weighted by Gasteiger charge is -2.09. The molecule has 0 bridgehead atoms. The zero-order valence-corrected chi connectivity index (χ0v) is 18.8. The summed E-state index contributed by atoms with van der Waals surface area (Å²) in [6, 6.07) is 15.4. The molecule has 8 nitrogen and oxygen atoms in total. The summed E-state index contributed by atoms with van der Waals surface area (Å²) in [4.78, 5) is 25.5. The summed E-state index contributed by atoms with van der Waals surface area (Å²) in [7, 11) is 0. The van der Waals surface area contributed by atoms with Crippen LogP contribution >= 0.6 is 23.2 Å². The van der Waals surface area contributed by atoms with E-state index in [4.69, 9.17) is 23.2 Å². The highest BCUT2D eigenvalue weighted by molar-refractivity contribution is 6.31. The highest BCUT2D eigenvalue weighted by Crippen LogP contribution is 2.29. The second kappa shape index (κ2) is 8.31. The van der Waals surface area contributed by atoms with Crippen molar-refractivity contribution in [1.29, 1.82) is 0 Å². The highest BCUT2D eigenvalue weighted by atomic mass is 35.5. The van der Waals surface area contributed by atoms with E-state index >= 15 is 0 Å². The first kappa shape index (κ1) is 21.1. The number of hydrogen-bond donors (Lipinski definition) is 1. The standard InChI is InChI=1S/C23H16Cl2N6O2/c1-2-17-19(13-3-7-15(24)8-4-13)21-27-26-20-18(31(21)28-17)11-12-30(23(20)33)29-22(32)14-5-9-16(25)10-6-14/h3-12H,2H2,1H3,(H,29,32). The topological polar surface area (TPSA) is 94.2 Å². The monoisotopic (exact) mass is 478 g/mol. The molecule has 0 unspecified atom stereocenters. The summed E-state index contributed by atoms with van der Waals surface area (Å²) >= 11 is 11.9. The maximum absolute atomic E-state index is 13.0. The number of benzene rings is 2. The van der Waals surface area contributed by atoms with Crippen molar-refractivity contribution in [1.82, 2.24) is 24.5 Å². The number of fused-ring (bicyclic) bond motifs is 3. The molecule has 0 saturated carbocycles. The van der Waals surface area contributed by atoms with Crippen molar-refractivity contribution in [2.45, 2.75) is 13.3 Å². The van der Waals surface area contributed by atoms with Crippen molar-refractivity contribution in [2.24, 2.45) is 0 Å². The predicted molar refractivity (Wildman–Crippen MR) is 128 cm³/mol. The van der Waals surface area contributed by atoms with E-state index in [9.17, 15) is 9.59 Å². The molecule has 0 atom stereocenters. The summed E-state index contributed by atoms with van der Waals surface area (Å²) in [5.74, 6) is -0.459. The number of amides is 1. The number of rotatable bonds is 4. The molecular weight excluding hydrogens is 463 g/mol. The normalized spacial score (nSPS) is 11.2. The van der Waals surface area contributed by atoms with Gasteiger partial charge in [0, 0.05) is 21.8 Å². The summed E-state index contributed by atoms with van der Waals surface area (Å²) in [5, 5.41) is 14.3. The van der Waals surface area contributed by atoms with Gasteiger partial charge in [0.25, 0.3) is 11.5 Å². The fraction of sp³-hybridized carbons (Fsp3) is 0.0870. The Morgan fingerprint density at radius 3 is 2.30 bits per heavy atom. The van der Waals surface area contributed by atoms with Crippen LogP contribution in [0.15, 0.2) is 65.6 Å². The Labute approximate surface area is 197 Å². The van der Waals surface area contributed by atoms with Crippen LogP contribution in [-0.4, -0.2) is 30.4 Å². The molecule has 0 aliphatic rings. The van der Waals surface area contributed by atoms with E-state index in [1.54, 1.807) is 47.0 Å². The van der Waals surface area contributed by atoms with Crippen LogP contribution in [0.2, 0.25) is 10.0 Å². The van der Waals surface area contributed by atoms with E-state index in [1.165, 1.54) is 6.20 Å². The van der Waals surface area contributed by atoms with Gasteiger partial charge in [-0.2, -0.15) is 5.10 Å². The van der Waals surface area contributed by atoms with Crippen molar-refractivity contribution in [3.05, 3.63) is 92.5 Å². The van der Waals surface area contributed by atoms with Gasteiger partial charge in [-0.15, -0.1) is 10.2 Å². The van der Waals surface area contributed by atoms with Crippen LogP contribution in [0.1, 0.15) is 23.0 Å². The molecule has 0 aliphatic carbocycles. The van der Waals surface area contributed by atoms with E-state index in [-0.39, 0.29) is 5.52 Å². The zero-order valence-electron chi connectivity index (χ0n) is 17.3. The SMILES string of the molecule is CCc1nn2c(nnc3c(=O)n(NC(=O)c4ccc(Cl)cc4)ccc32)c1-c1ccc(Cl)cc1. The van der Waals surface area contributed by atoms with Crippen molar-refractivity contribution in [3.63, 3.8) is 0 Å². The van der Waals surface area contributed by atoms with Gasteiger partial charge in [0.15, 0.2) is 11.2 Å². The van der Waals surface area contributed by atoms with Crippen LogP contribution in [0.3, 0.4) is 0 Å². The van der Waals surface area contributed by atoms with Crippen LogP contribution in [0.25, 0.3) is 27.8 Å². The minimum Gasteiger partial charge on any atom is -0.267 e. The lowest BCUT2D eigenvalue weighted by Crippen LogP contribution is -2.33. The molecule has 1 amide bonds. The molecule has 0 fully saturated rings. The van der Waals surface area contributed by atoms with Gasteiger partial charge in [0.2, 0.25) is 0 Å². The minimum atomic E-state index is -0.522. The van der Waals surface area contributed by atoms with Crippen LogP contribution < -0.4 is 11.0 Å². The Kier molecular flexibility index (Phi) is 5.32. The maximum atomic E-state index is 13.0. The first-order valence-corrected chi connectivity index (χ1v) is 10.8. The first-order valence-electron chi connectivity index (χ1n) is 10.1. The van der Waals surface area contributed by atoms with Crippen LogP contribution in [0, 0.1) is 0 Å². The molecule has 10 heteroatoms. The van der Waals surface area contributed by atoms with Crippen LogP contribution in [-0.2, 0) is 6.42 Å². The molecule has 5 rings (SSSR count). The molecule has 0 saturated heterocycles. The molecule has 0 spiro atoms. The second-order valence-electron chi connectivity index (χ2n) is 7.29. The van der Waals surface area contributed by atoms with Crippen LogP contribution in [0.5, 0.6) is 0 Å². The lowest BCUT2D eigenvalue weighted by atomic mass is 10.0. The lowest BCUT2D eigenvalue weighted by molar-refractivity contribution is 0.101. The Hall–Kier alpha value is -3.75. The Bertz CT molecular complexity index is 1570. The number of carbonyl (C=O) groups is 1. The van der Waals surface area contributed by atoms with Crippen molar-refractivity contribution in [3.8, 4) is 11.1 Å². The smallest absolute Gasteiger partial charge is 0.267 e. The van der Waals surface area contributed by atoms with Crippen molar-refractivity contribution < 1.29 is 4.79 Å². The highest BCUT2D eigenvalue weighted by Gasteiger charge is 2.19. The molecule has 3 aromatic heterocycles. The van der Waals surface area contributed by atoms with E-state index in [0.717, 1.165) is 21.5 Å².